The van der Waals surface area contributed by atoms with E-state index in [9.17, 15) is 9.18 Å². The SMILES string of the molecule is O=C1Nc2cc(Cl)ccc2/C1=C/c1cccc(F)c1. The van der Waals surface area contributed by atoms with Gasteiger partial charge in [-0.05, 0) is 35.9 Å². The van der Waals surface area contributed by atoms with Crippen molar-refractivity contribution in [3.05, 3.63) is 64.4 Å². The summed E-state index contributed by atoms with van der Waals surface area (Å²) in [5.74, 6) is -0.536. The van der Waals surface area contributed by atoms with Crippen LogP contribution in [-0.2, 0) is 4.79 Å². The highest BCUT2D eigenvalue weighted by Gasteiger charge is 2.23. The first kappa shape index (κ1) is 11.9. The zero-order chi connectivity index (χ0) is 13.4. The largest absolute Gasteiger partial charge is 0.321 e. The maximum Gasteiger partial charge on any atom is 0.256 e. The molecule has 0 atom stereocenters. The van der Waals surface area contributed by atoms with E-state index in [1.165, 1.54) is 12.1 Å². The molecule has 1 aliphatic heterocycles. The van der Waals surface area contributed by atoms with Gasteiger partial charge in [-0.2, -0.15) is 0 Å². The minimum Gasteiger partial charge on any atom is -0.321 e. The van der Waals surface area contributed by atoms with Crippen LogP contribution in [-0.4, -0.2) is 5.91 Å². The summed E-state index contributed by atoms with van der Waals surface area (Å²) >= 11 is 5.88. The Morgan fingerprint density at radius 3 is 2.79 bits per heavy atom. The number of amides is 1. The summed E-state index contributed by atoms with van der Waals surface area (Å²) in [5.41, 5.74) is 2.61. The van der Waals surface area contributed by atoms with Crippen LogP contribution in [0.4, 0.5) is 10.1 Å². The summed E-state index contributed by atoms with van der Waals surface area (Å²) < 4.78 is 13.1. The van der Waals surface area contributed by atoms with E-state index in [-0.39, 0.29) is 11.7 Å². The van der Waals surface area contributed by atoms with Crippen molar-refractivity contribution in [1.29, 1.82) is 0 Å². The lowest BCUT2D eigenvalue weighted by molar-refractivity contribution is -0.110. The van der Waals surface area contributed by atoms with Gasteiger partial charge in [-0.15, -0.1) is 0 Å². The molecular weight excluding hydrogens is 265 g/mol. The van der Waals surface area contributed by atoms with E-state index in [2.05, 4.69) is 5.32 Å². The quantitative estimate of drug-likeness (QED) is 0.783. The molecule has 0 unspecified atom stereocenters. The lowest BCUT2D eigenvalue weighted by Crippen LogP contribution is -2.03. The lowest BCUT2D eigenvalue weighted by atomic mass is 10.0. The molecule has 2 aromatic rings. The summed E-state index contributed by atoms with van der Waals surface area (Å²) in [6.45, 7) is 0. The number of carbonyl (C=O) groups excluding carboxylic acids is 1. The molecule has 1 amide bonds. The Morgan fingerprint density at radius 2 is 2.00 bits per heavy atom. The zero-order valence-corrected chi connectivity index (χ0v) is 10.5. The molecule has 2 aromatic carbocycles. The minimum absolute atomic E-state index is 0.207. The van der Waals surface area contributed by atoms with Crippen LogP contribution < -0.4 is 5.32 Å². The van der Waals surface area contributed by atoms with Gasteiger partial charge in [0.15, 0.2) is 0 Å². The molecule has 0 aromatic heterocycles. The third-order valence-electron chi connectivity index (χ3n) is 2.92. The predicted molar refractivity (Wildman–Crippen MR) is 74.4 cm³/mol. The average molecular weight is 274 g/mol. The van der Waals surface area contributed by atoms with Crippen LogP contribution in [0, 0.1) is 5.82 Å². The Balaban J connectivity index is 2.09. The van der Waals surface area contributed by atoms with E-state index in [1.807, 2.05) is 0 Å². The van der Waals surface area contributed by atoms with Gasteiger partial charge in [0.25, 0.3) is 5.91 Å². The monoisotopic (exact) mass is 273 g/mol. The van der Waals surface area contributed by atoms with E-state index in [1.54, 1.807) is 36.4 Å². The Bertz CT molecular complexity index is 709. The van der Waals surface area contributed by atoms with Crippen LogP contribution in [0.5, 0.6) is 0 Å². The molecule has 0 bridgehead atoms. The number of nitrogens with one attached hydrogen (secondary N) is 1. The molecule has 1 heterocycles. The van der Waals surface area contributed by atoms with Crippen molar-refractivity contribution in [2.75, 3.05) is 5.32 Å². The Morgan fingerprint density at radius 1 is 1.16 bits per heavy atom. The standard InChI is InChI=1S/C15H9ClFNO/c16-10-4-5-12-13(15(19)18-14(12)8-10)7-9-2-1-3-11(17)6-9/h1-8H,(H,18,19)/b13-7-. The fraction of sp³-hybridized carbons (Fsp3) is 0. The number of benzene rings is 2. The van der Waals surface area contributed by atoms with Crippen molar-refractivity contribution in [3.63, 3.8) is 0 Å². The first-order valence-corrected chi connectivity index (χ1v) is 6.10. The third-order valence-corrected chi connectivity index (χ3v) is 3.16. The highest BCUT2D eigenvalue weighted by atomic mass is 35.5. The maximum atomic E-state index is 13.1. The first-order valence-electron chi connectivity index (χ1n) is 5.72. The van der Waals surface area contributed by atoms with Crippen LogP contribution in [0.3, 0.4) is 0 Å². The molecular formula is C15H9ClFNO. The molecule has 94 valence electrons. The van der Waals surface area contributed by atoms with Gasteiger partial charge >= 0.3 is 0 Å². The topological polar surface area (TPSA) is 29.1 Å². The number of anilines is 1. The summed E-state index contributed by atoms with van der Waals surface area (Å²) in [6.07, 6.45) is 1.66. The highest BCUT2D eigenvalue weighted by Crippen LogP contribution is 2.34. The van der Waals surface area contributed by atoms with E-state index < -0.39 is 0 Å². The van der Waals surface area contributed by atoms with Crippen molar-refractivity contribution in [1.82, 2.24) is 0 Å². The van der Waals surface area contributed by atoms with Gasteiger partial charge in [0.1, 0.15) is 5.82 Å². The molecule has 0 radical (unpaired) electrons. The van der Waals surface area contributed by atoms with Gasteiger partial charge < -0.3 is 5.32 Å². The normalized spacial score (nSPS) is 15.5. The van der Waals surface area contributed by atoms with Crippen molar-refractivity contribution in [2.24, 2.45) is 0 Å². The molecule has 1 aliphatic rings. The Kier molecular flexibility index (Phi) is 2.84. The maximum absolute atomic E-state index is 13.1. The molecule has 1 N–H and O–H groups in total. The van der Waals surface area contributed by atoms with Gasteiger partial charge in [0.2, 0.25) is 0 Å². The van der Waals surface area contributed by atoms with Crippen LogP contribution in [0.1, 0.15) is 11.1 Å². The number of carbonyl (C=O) groups is 1. The van der Waals surface area contributed by atoms with Gasteiger partial charge in [0.05, 0.1) is 5.69 Å². The molecule has 0 fully saturated rings. The average Bonchev–Trinajstić information content (AvgIpc) is 2.65. The van der Waals surface area contributed by atoms with Gasteiger partial charge in [-0.25, -0.2) is 4.39 Å². The lowest BCUT2D eigenvalue weighted by Gasteiger charge is -1.99. The minimum atomic E-state index is -0.330. The second-order valence-electron chi connectivity index (χ2n) is 4.26. The summed E-state index contributed by atoms with van der Waals surface area (Å²) in [4.78, 5) is 11.9. The molecule has 3 rings (SSSR count). The van der Waals surface area contributed by atoms with Crippen molar-refractivity contribution >= 4 is 34.8 Å². The van der Waals surface area contributed by atoms with E-state index >= 15 is 0 Å². The Labute approximate surface area is 114 Å². The molecule has 0 saturated heterocycles. The number of rotatable bonds is 1. The molecule has 4 heteroatoms. The highest BCUT2D eigenvalue weighted by molar-refractivity contribution is 6.36. The smallest absolute Gasteiger partial charge is 0.256 e. The summed E-state index contributed by atoms with van der Waals surface area (Å²) in [5, 5.41) is 3.30. The second-order valence-corrected chi connectivity index (χ2v) is 4.69. The molecule has 0 saturated carbocycles. The summed E-state index contributed by atoms with van der Waals surface area (Å²) in [6, 6.07) is 11.3. The first-order chi connectivity index (χ1) is 9.13. The predicted octanol–water partition coefficient (Wildman–Crippen LogP) is 3.97. The Hall–Kier alpha value is -2.13. The number of fused-ring (bicyclic) bond motifs is 1. The van der Waals surface area contributed by atoms with Crippen molar-refractivity contribution in [3.8, 4) is 0 Å². The molecule has 0 spiro atoms. The molecule has 19 heavy (non-hydrogen) atoms. The molecule has 0 aliphatic carbocycles. The number of halogens is 2. The van der Waals surface area contributed by atoms with E-state index in [0.717, 1.165) is 5.56 Å². The van der Waals surface area contributed by atoms with Gasteiger partial charge in [-0.1, -0.05) is 29.8 Å². The molecule has 2 nitrogen and oxygen atoms in total. The van der Waals surface area contributed by atoms with Crippen LogP contribution in [0.15, 0.2) is 42.5 Å². The van der Waals surface area contributed by atoms with Crippen molar-refractivity contribution in [2.45, 2.75) is 0 Å². The zero-order valence-electron chi connectivity index (χ0n) is 9.78. The number of hydrogen-bond acceptors (Lipinski definition) is 1. The van der Waals surface area contributed by atoms with Crippen LogP contribution >= 0.6 is 11.6 Å². The second kappa shape index (κ2) is 4.52. The number of hydrogen-bond donors (Lipinski definition) is 1. The van der Waals surface area contributed by atoms with Crippen molar-refractivity contribution < 1.29 is 9.18 Å². The van der Waals surface area contributed by atoms with Gasteiger partial charge in [0, 0.05) is 16.2 Å². The third kappa shape index (κ3) is 2.25. The van der Waals surface area contributed by atoms with Crippen LogP contribution in [0.25, 0.3) is 11.6 Å². The fourth-order valence-corrected chi connectivity index (χ4v) is 2.25. The van der Waals surface area contributed by atoms with E-state index in [4.69, 9.17) is 11.6 Å². The van der Waals surface area contributed by atoms with Crippen LogP contribution in [0.2, 0.25) is 5.02 Å². The fourth-order valence-electron chi connectivity index (χ4n) is 2.07. The van der Waals surface area contributed by atoms with Gasteiger partial charge in [-0.3, -0.25) is 4.79 Å². The summed E-state index contributed by atoms with van der Waals surface area (Å²) in [7, 11) is 0. The van der Waals surface area contributed by atoms with E-state index in [0.29, 0.717) is 21.8 Å².